The Balaban J connectivity index is 2.06. The number of nitrogens with zero attached hydrogens (tertiary/aromatic N) is 3. The van der Waals surface area contributed by atoms with Crippen LogP contribution in [0.3, 0.4) is 0 Å². The summed E-state index contributed by atoms with van der Waals surface area (Å²) in [6, 6.07) is 3.55. The molecule has 0 bridgehead atoms. The highest BCUT2D eigenvalue weighted by Gasteiger charge is 2.21. The Morgan fingerprint density at radius 1 is 1.21 bits per heavy atom. The van der Waals surface area contributed by atoms with Crippen molar-refractivity contribution >= 4 is 11.6 Å². The molecule has 0 aliphatic carbocycles. The molecule has 0 radical (unpaired) electrons. The van der Waals surface area contributed by atoms with E-state index in [2.05, 4.69) is 15.2 Å². The van der Waals surface area contributed by atoms with Crippen molar-refractivity contribution in [1.82, 2.24) is 10.2 Å². The van der Waals surface area contributed by atoms with Crippen molar-refractivity contribution in [3.63, 3.8) is 0 Å². The van der Waals surface area contributed by atoms with Crippen molar-refractivity contribution < 1.29 is 8.78 Å². The number of benzene rings is 1. The van der Waals surface area contributed by atoms with Gasteiger partial charge in [-0.25, -0.2) is 8.78 Å². The summed E-state index contributed by atoms with van der Waals surface area (Å²) in [7, 11) is 3.55. The van der Waals surface area contributed by atoms with Crippen molar-refractivity contribution in [3.05, 3.63) is 29.8 Å². The highest BCUT2D eigenvalue weighted by molar-refractivity contribution is 5.79. The molecule has 6 heteroatoms. The van der Waals surface area contributed by atoms with Gasteiger partial charge in [-0.15, -0.1) is 0 Å². The third kappa shape index (κ3) is 2.94. The number of piperazine rings is 1. The third-order valence-corrected chi connectivity index (χ3v) is 3.26. The smallest absolute Gasteiger partial charge is 0.193 e. The molecule has 1 N–H and O–H groups in total. The summed E-state index contributed by atoms with van der Waals surface area (Å²) in [5.74, 6) is 0.0251. The van der Waals surface area contributed by atoms with Crippen molar-refractivity contribution in [1.29, 1.82) is 0 Å². The fourth-order valence-corrected chi connectivity index (χ4v) is 2.30. The number of guanidine groups is 1. The summed E-state index contributed by atoms with van der Waals surface area (Å²) in [6.45, 7) is 2.73. The van der Waals surface area contributed by atoms with E-state index in [9.17, 15) is 8.78 Å². The van der Waals surface area contributed by atoms with Crippen LogP contribution in [-0.2, 0) is 0 Å². The van der Waals surface area contributed by atoms with Gasteiger partial charge in [0.25, 0.3) is 0 Å². The Kier molecular flexibility index (Phi) is 4.19. The molecule has 0 atom stereocenters. The maximum Gasteiger partial charge on any atom is 0.193 e. The lowest BCUT2D eigenvalue weighted by Gasteiger charge is -2.37. The van der Waals surface area contributed by atoms with E-state index in [0.717, 1.165) is 25.1 Å². The highest BCUT2D eigenvalue weighted by atomic mass is 19.1. The molecular weight excluding hydrogens is 250 g/mol. The van der Waals surface area contributed by atoms with Crippen LogP contribution in [0.4, 0.5) is 14.5 Å². The molecule has 0 spiro atoms. The average molecular weight is 268 g/mol. The van der Waals surface area contributed by atoms with E-state index < -0.39 is 5.82 Å². The van der Waals surface area contributed by atoms with Gasteiger partial charge in [0.05, 0.1) is 5.69 Å². The minimum absolute atomic E-state index is 0.332. The van der Waals surface area contributed by atoms with Crippen LogP contribution in [0, 0.1) is 11.6 Å². The predicted octanol–water partition coefficient (Wildman–Crippen LogP) is 1.29. The minimum Gasteiger partial charge on any atom is -0.366 e. The van der Waals surface area contributed by atoms with Crippen molar-refractivity contribution in [2.24, 2.45) is 4.99 Å². The maximum absolute atomic E-state index is 13.7. The molecule has 1 fully saturated rings. The number of nitrogens with one attached hydrogen (secondary N) is 1. The van der Waals surface area contributed by atoms with Crippen LogP contribution >= 0.6 is 0 Å². The Bertz CT molecular complexity index is 468. The zero-order valence-electron chi connectivity index (χ0n) is 11.2. The van der Waals surface area contributed by atoms with Gasteiger partial charge in [-0.1, -0.05) is 0 Å². The van der Waals surface area contributed by atoms with E-state index in [-0.39, 0.29) is 5.82 Å². The summed E-state index contributed by atoms with van der Waals surface area (Å²) >= 11 is 0. The Labute approximate surface area is 111 Å². The van der Waals surface area contributed by atoms with Crippen LogP contribution in [-0.4, -0.2) is 51.1 Å². The van der Waals surface area contributed by atoms with Gasteiger partial charge in [0, 0.05) is 46.3 Å². The standard InChI is InChI=1S/C13H18F2N4/c1-16-13(17-2)19-7-5-18(6-8-19)12-9-10(14)3-4-11(12)15/h3-4,9H,5-8H2,1-2H3,(H,16,17). The Hall–Kier alpha value is -1.85. The number of halogens is 2. The number of rotatable bonds is 1. The average Bonchev–Trinajstić information content (AvgIpc) is 2.44. The molecule has 1 heterocycles. The number of hydrogen-bond donors (Lipinski definition) is 1. The molecule has 1 aliphatic heterocycles. The monoisotopic (exact) mass is 268 g/mol. The van der Waals surface area contributed by atoms with Crippen LogP contribution in [0.2, 0.25) is 0 Å². The first-order chi connectivity index (χ1) is 9.15. The van der Waals surface area contributed by atoms with E-state index in [1.54, 1.807) is 7.05 Å². The summed E-state index contributed by atoms with van der Waals surface area (Å²) in [5, 5.41) is 3.02. The van der Waals surface area contributed by atoms with Crippen LogP contribution < -0.4 is 10.2 Å². The molecule has 2 rings (SSSR count). The second-order valence-electron chi connectivity index (χ2n) is 4.37. The van der Waals surface area contributed by atoms with Crippen LogP contribution in [0.1, 0.15) is 0 Å². The van der Waals surface area contributed by atoms with Crippen LogP contribution in [0.5, 0.6) is 0 Å². The molecule has 1 aromatic rings. The van der Waals surface area contributed by atoms with Gasteiger partial charge < -0.3 is 15.1 Å². The topological polar surface area (TPSA) is 30.9 Å². The normalized spacial score (nSPS) is 16.7. The first-order valence-electron chi connectivity index (χ1n) is 6.25. The van der Waals surface area contributed by atoms with Gasteiger partial charge in [0.2, 0.25) is 0 Å². The fraction of sp³-hybridized carbons (Fsp3) is 0.462. The van der Waals surface area contributed by atoms with E-state index in [1.807, 2.05) is 11.9 Å². The van der Waals surface area contributed by atoms with Crippen molar-refractivity contribution in [2.45, 2.75) is 0 Å². The zero-order valence-corrected chi connectivity index (χ0v) is 11.2. The SMILES string of the molecule is CN=C(NC)N1CCN(c2cc(F)ccc2F)CC1. The molecule has 0 amide bonds. The van der Waals surface area contributed by atoms with E-state index in [4.69, 9.17) is 0 Å². The quantitative estimate of drug-likeness (QED) is 0.615. The number of aliphatic imine (C=N–C) groups is 1. The molecular formula is C13H18F2N4. The van der Waals surface area contributed by atoms with E-state index >= 15 is 0 Å². The molecule has 1 saturated heterocycles. The summed E-state index contributed by atoms with van der Waals surface area (Å²) < 4.78 is 26.9. The summed E-state index contributed by atoms with van der Waals surface area (Å²) in [4.78, 5) is 8.09. The maximum atomic E-state index is 13.7. The molecule has 19 heavy (non-hydrogen) atoms. The predicted molar refractivity (Wildman–Crippen MR) is 72.6 cm³/mol. The lowest BCUT2D eigenvalue weighted by atomic mass is 10.2. The molecule has 104 valence electrons. The first-order valence-corrected chi connectivity index (χ1v) is 6.25. The second-order valence-corrected chi connectivity index (χ2v) is 4.37. The first kappa shape index (κ1) is 13.6. The Morgan fingerprint density at radius 2 is 1.89 bits per heavy atom. The number of hydrogen-bond acceptors (Lipinski definition) is 2. The molecule has 0 saturated carbocycles. The van der Waals surface area contributed by atoms with Gasteiger partial charge in [0.1, 0.15) is 11.6 Å². The van der Waals surface area contributed by atoms with E-state index in [1.165, 1.54) is 12.1 Å². The summed E-state index contributed by atoms with van der Waals surface area (Å²) in [5.41, 5.74) is 0.332. The lowest BCUT2D eigenvalue weighted by Crippen LogP contribution is -2.52. The minimum atomic E-state index is -0.412. The fourth-order valence-electron chi connectivity index (χ4n) is 2.30. The lowest BCUT2D eigenvalue weighted by molar-refractivity contribution is 0.373. The van der Waals surface area contributed by atoms with Crippen molar-refractivity contribution in [2.75, 3.05) is 45.2 Å². The molecule has 0 aromatic heterocycles. The van der Waals surface area contributed by atoms with Gasteiger partial charge in [-0.05, 0) is 12.1 Å². The summed E-state index contributed by atoms with van der Waals surface area (Å²) in [6.07, 6.45) is 0. The van der Waals surface area contributed by atoms with Gasteiger partial charge in [-0.3, -0.25) is 4.99 Å². The molecule has 4 nitrogen and oxygen atoms in total. The van der Waals surface area contributed by atoms with Crippen molar-refractivity contribution in [3.8, 4) is 0 Å². The van der Waals surface area contributed by atoms with E-state index in [0.29, 0.717) is 18.8 Å². The van der Waals surface area contributed by atoms with Crippen LogP contribution in [0.15, 0.2) is 23.2 Å². The third-order valence-electron chi connectivity index (χ3n) is 3.26. The zero-order chi connectivity index (χ0) is 13.8. The molecule has 1 aliphatic rings. The largest absolute Gasteiger partial charge is 0.366 e. The number of anilines is 1. The Morgan fingerprint density at radius 3 is 2.47 bits per heavy atom. The van der Waals surface area contributed by atoms with Gasteiger partial charge in [-0.2, -0.15) is 0 Å². The molecule has 0 unspecified atom stereocenters. The second kappa shape index (κ2) is 5.86. The van der Waals surface area contributed by atoms with Gasteiger partial charge >= 0.3 is 0 Å². The highest BCUT2D eigenvalue weighted by Crippen LogP contribution is 2.21. The molecule has 1 aromatic carbocycles. The van der Waals surface area contributed by atoms with Gasteiger partial charge in [0.15, 0.2) is 5.96 Å². The van der Waals surface area contributed by atoms with Crippen LogP contribution in [0.25, 0.3) is 0 Å².